The summed E-state index contributed by atoms with van der Waals surface area (Å²) in [6.45, 7) is 0. The molecule has 0 saturated heterocycles. The Bertz CT molecular complexity index is 645. The molecule has 0 bridgehead atoms. The maximum atomic E-state index is 11.1. The van der Waals surface area contributed by atoms with Gasteiger partial charge in [-0.25, -0.2) is 9.78 Å². The van der Waals surface area contributed by atoms with Gasteiger partial charge in [0.15, 0.2) is 0 Å². The zero-order valence-electron chi connectivity index (χ0n) is 11.7. The molecule has 1 heterocycles. The average molecular weight is 305 g/mol. The van der Waals surface area contributed by atoms with E-state index in [9.17, 15) is 4.79 Å². The lowest BCUT2D eigenvalue weighted by atomic mass is 10.2. The van der Waals surface area contributed by atoms with E-state index in [0.717, 1.165) is 5.56 Å². The number of carboxylic acids is 1. The van der Waals surface area contributed by atoms with Crippen molar-refractivity contribution in [3.8, 4) is 11.5 Å². The third kappa shape index (κ3) is 3.66. The summed E-state index contributed by atoms with van der Waals surface area (Å²) < 4.78 is 10.5. The van der Waals surface area contributed by atoms with Gasteiger partial charge in [0.2, 0.25) is 0 Å². The molecule has 0 atom stereocenters. The number of ether oxygens (including phenoxy) is 2. The predicted molar refractivity (Wildman–Crippen MR) is 80.3 cm³/mol. The zero-order valence-corrected chi connectivity index (χ0v) is 12.5. The monoisotopic (exact) mass is 305 g/mol. The van der Waals surface area contributed by atoms with E-state index in [4.69, 9.17) is 14.6 Å². The van der Waals surface area contributed by atoms with Crippen LogP contribution in [0.15, 0.2) is 41.6 Å². The lowest BCUT2D eigenvalue weighted by molar-refractivity contribution is 0.0692. The molecule has 21 heavy (non-hydrogen) atoms. The molecule has 0 radical (unpaired) electrons. The van der Waals surface area contributed by atoms with Crippen molar-refractivity contribution in [3.63, 3.8) is 0 Å². The molecule has 0 spiro atoms. The van der Waals surface area contributed by atoms with E-state index in [-0.39, 0.29) is 5.56 Å². The Morgan fingerprint density at radius 3 is 2.76 bits per heavy atom. The molecule has 2 rings (SSSR count). The number of thioether (sulfide) groups is 1. The number of aromatic carboxylic acids is 1. The maximum absolute atomic E-state index is 11.1. The number of pyridine rings is 1. The van der Waals surface area contributed by atoms with Crippen LogP contribution in [0.4, 0.5) is 0 Å². The van der Waals surface area contributed by atoms with Gasteiger partial charge in [-0.3, -0.25) is 0 Å². The molecule has 0 fully saturated rings. The fourth-order valence-corrected chi connectivity index (χ4v) is 2.76. The second-order valence-corrected chi connectivity index (χ2v) is 5.09. The predicted octanol–water partition coefficient (Wildman–Crippen LogP) is 3.09. The van der Waals surface area contributed by atoms with E-state index in [2.05, 4.69) is 4.98 Å². The molecule has 2 aromatic rings. The molecular weight excluding hydrogens is 290 g/mol. The molecule has 1 aromatic carbocycles. The summed E-state index contributed by atoms with van der Waals surface area (Å²) in [4.78, 5) is 15.3. The third-order valence-corrected chi connectivity index (χ3v) is 3.91. The molecular formula is C15H15NO4S. The normalized spacial score (nSPS) is 10.2. The van der Waals surface area contributed by atoms with Gasteiger partial charge in [0, 0.05) is 23.6 Å². The highest BCUT2D eigenvalue weighted by atomic mass is 32.2. The summed E-state index contributed by atoms with van der Waals surface area (Å²) in [5, 5.41) is 9.63. The van der Waals surface area contributed by atoms with Crippen molar-refractivity contribution in [2.45, 2.75) is 10.8 Å². The highest BCUT2D eigenvalue weighted by molar-refractivity contribution is 7.98. The molecule has 0 aliphatic rings. The first-order valence-electron chi connectivity index (χ1n) is 6.17. The Labute approximate surface area is 126 Å². The van der Waals surface area contributed by atoms with Crippen LogP contribution in [0, 0.1) is 0 Å². The number of methoxy groups -OCH3 is 2. The van der Waals surface area contributed by atoms with E-state index in [1.165, 1.54) is 11.8 Å². The van der Waals surface area contributed by atoms with Gasteiger partial charge in [0.1, 0.15) is 16.5 Å². The van der Waals surface area contributed by atoms with Crippen molar-refractivity contribution in [3.05, 3.63) is 47.7 Å². The number of carboxylic acid groups (broad SMARTS) is 1. The van der Waals surface area contributed by atoms with Crippen molar-refractivity contribution in [2.24, 2.45) is 0 Å². The Morgan fingerprint density at radius 2 is 2.10 bits per heavy atom. The van der Waals surface area contributed by atoms with Crippen molar-refractivity contribution in [2.75, 3.05) is 14.2 Å². The molecule has 6 heteroatoms. The molecule has 0 unspecified atom stereocenters. The summed E-state index contributed by atoms with van der Waals surface area (Å²) in [7, 11) is 3.18. The summed E-state index contributed by atoms with van der Waals surface area (Å²) in [5.41, 5.74) is 1.15. The van der Waals surface area contributed by atoms with Gasteiger partial charge in [-0.2, -0.15) is 0 Å². The summed E-state index contributed by atoms with van der Waals surface area (Å²) in [5.74, 6) is 0.997. The zero-order chi connectivity index (χ0) is 15.2. The van der Waals surface area contributed by atoms with Crippen LogP contribution < -0.4 is 9.47 Å². The van der Waals surface area contributed by atoms with E-state index in [0.29, 0.717) is 22.3 Å². The smallest absolute Gasteiger partial charge is 0.338 e. The number of hydrogen-bond acceptors (Lipinski definition) is 5. The average Bonchev–Trinajstić information content (AvgIpc) is 2.52. The summed E-state index contributed by atoms with van der Waals surface area (Å²) >= 11 is 1.36. The molecule has 1 N–H and O–H groups in total. The topological polar surface area (TPSA) is 68.7 Å². The van der Waals surface area contributed by atoms with Crippen LogP contribution in [0.25, 0.3) is 0 Å². The van der Waals surface area contributed by atoms with Gasteiger partial charge in [-0.15, -0.1) is 11.8 Å². The van der Waals surface area contributed by atoms with Gasteiger partial charge in [-0.05, 0) is 18.2 Å². The number of benzene rings is 1. The fraction of sp³-hybridized carbons (Fsp3) is 0.200. The Kier molecular flexibility index (Phi) is 5.05. The van der Waals surface area contributed by atoms with Gasteiger partial charge >= 0.3 is 5.97 Å². The van der Waals surface area contributed by atoms with Crippen LogP contribution in [0.1, 0.15) is 15.9 Å². The standard InChI is InChI=1S/C15H15NO4S/c1-19-11-6-5-10(13(8-11)20-2)9-21-14-12(15(17)18)4-3-7-16-14/h3-8H,9H2,1-2H3,(H,17,18). The SMILES string of the molecule is COc1ccc(CSc2ncccc2C(=O)O)c(OC)c1. The first kappa shape index (κ1) is 15.2. The van der Waals surface area contributed by atoms with E-state index in [1.54, 1.807) is 38.6 Å². The van der Waals surface area contributed by atoms with Gasteiger partial charge < -0.3 is 14.6 Å². The van der Waals surface area contributed by atoms with Gasteiger partial charge in [0.05, 0.1) is 19.8 Å². The Balaban J connectivity index is 2.19. The second-order valence-electron chi connectivity index (χ2n) is 4.13. The van der Waals surface area contributed by atoms with E-state index >= 15 is 0 Å². The van der Waals surface area contributed by atoms with Crippen LogP contribution in [-0.4, -0.2) is 30.3 Å². The van der Waals surface area contributed by atoms with Crippen LogP contribution in [0.5, 0.6) is 11.5 Å². The van der Waals surface area contributed by atoms with Crippen molar-refractivity contribution < 1.29 is 19.4 Å². The number of carbonyl (C=O) groups is 1. The lowest BCUT2D eigenvalue weighted by Crippen LogP contribution is -2.00. The van der Waals surface area contributed by atoms with Gasteiger partial charge in [0.25, 0.3) is 0 Å². The van der Waals surface area contributed by atoms with Crippen molar-refractivity contribution >= 4 is 17.7 Å². The quantitative estimate of drug-likeness (QED) is 0.827. The minimum atomic E-state index is -0.979. The molecule has 5 nitrogen and oxygen atoms in total. The minimum absolute atomic E-state index is 0.204. The summed E-state index contributed by atoms with van der Waals surface area (Å²) in [6, 6.07) is 8.69. The summed E-state index contributed by atoms with van der Waals surface area (Å²) in [6.07, 6.45) is 1.58. The van der Waals surface area contributed by atoms with Crippen LogP contribution >= 0.6 is 11.8 Å². The lowest BCUT2D eigenvalue weighted by Gasteiger charge is -2.10. The molecule has 0 amide bonds. The number of hydrogen-bond donors (Lipinski definition) is 1. The minimum Gasteiger partial charge on any atom is -0.497 e. The highest BCUT2D eigenvalue weighted by Gasteiger charge is 2.12. The molecule has 0 saturated carbocycles. The molecule has 110 valence electrons. The first-order valence-corrected chi connectivity index (χ1v) is 7.16. The largest absolute Gasteiger partial charge is 0.497 e. The van der Waals surface area contributed by atoms with Crippen LogP contribution in [-0.2, 0) is 5.75 Å². The molecule has 0 aliphatic carbocycles. The van der Waals surface area contributed by atoms with Crippen LogP contribution in [0.3, 0.4) is 0 Å². The second kappa shape index (κ2) is 6.99. The molecule has 1 aromatic heterocycles. The van der Waals surface area contributed by atoms with Gasteiger partial charge in [-0.1, -0.05) is 6.07 Å². The van der Waals surface area contributed by atoms with E-state index in [1.807, 2.05) is 12.1 Å². The third-order valence-electron chi connectivity index (χ3n) is 2.86. The Morgan fingerprint density at radius 1 is 1.29 bits per heavy atom. The highest BCUT2D eigenvalue weighted by Crippen LogP contribution is 2.31. The fourth-order valence-electron chi connectivity index (χ4n) is 1.79. The molecule has 0 aliphatic heterocycles. The van der Waals surface area contributed by atoms with Crippen molar-refractivity contribution in [1.29, 1.82) is 0 Å². The van der Waals surface area contributed by atoms with Crippen LogP contribution in [0.2, 0.25) is 0 Å². The Hall–Kier alpha value is -2.21. The number of aromatic nitrogens is 1. The first-order chi connectivity index (χ1) is 10.2. The maximum Gasteiger partial charge on any atom is 0.338 e. The van der Waals surface area contributed by atoms with E-state index < -0.39 is 5.97 Å². The number of rotatable bonds is 6. The van der Waals surface area contributed by atoms with Crippen molar-refractivity contribution in [1.82, 2.24) is 4.98 Å². The number of nitrogens with zero attached hydrogens (tertiary/aromatic N) is 1.